The Kier molecular flexibility index (Phi) is 5.80. The van der Waals surface area contributed by atoms with Gasteiger partial charge >= 0.3 is 0 Å². The van der Waals surface area contributed by atoms with Crippen LogP contribution < -0.4 is 10.1 Å². The summed E-state index contributed by atoms with van der Waals surface area (Å²) in [5, 5.41) is 3.07. The lowest BCUT2D eigenvalue weighted by molar-refractivity contribution is 0.0940. The van der Waals surface area contributed by atoms with Gasteiger partial charge < -0.3 is 10.1 Å². The Morgan fingerprint density at radius 1 is 1.12 bits per heavy atom. The normalized spacial score (nSPS) is 11.7. The van der Waals surface area contributed by atoms with Gasteiger partial charge in [0.15, 0.2) is 0 Å². The van der Waals surface area contributed by atoms with E-state index in [-0.39, 0.29) is 11.9 Å². The molecule has 0 fully saturated rings. The molecular formula is C21H25NO2. The molecule has 2 aromatic carbocycles. The lowest BCUT2D eigenvalue weighted by atomic mass is 9.96. The molecule has 0 spiro atoms. The zero-order chi connectivity index (χ0) is 17.7. The van der Waals surface area contributed by atoms with Crippen LogP contribution in [-0.2, 0) is 0 Å². The first-order valence-electron chi connectivity index (χ1n) is 8.14. The van der Waals surface area contributed by atoms with Crippen LogP contribution in [0, 0.1) is 20.8 Å². The van der Waals surface area contributed by atoms with Crippen LogP contribution in [0.1, 0.15) is 45.6 Å². The molecule has 2 rings (SSSR count). The average molecular weight is 323 g/mol. The van der Waals surface area contributed by atoms with Crippen molar-refractivity contribution in [2.24, 2.45) is 0 Å². The fourth-order valence-electron chi connectivity index (χ4n) is 2.66. The first-order chi connectivity index (χ1) is 11.4. The number of carbonyl (C=O) groups excluding carboxylic acids is 1. The number of amides is 1. The minimum Gasteiger partial charge on any atom is -0.490 e. The summed E-state index contributed by atoms with van der Waals surface area (Å²) in [5.41, 5.74) is 5.47. The third-order valence-corrected chi connectivity index (χ3v) is 4.18. The Morgan fingerprint density at radius 2 is 1.75 bits per heavy atom. The number of benzene rings is 2. The Bertz CT molecular complexity index is 732. The van der Waals surface area contributed by atoms with Gasteiger partial charge in [-0.05, 0) is 74.2 Å². The van der Waals surface area contributed by atoms with Crippen molar-refractivity contribution in [2.75, 3.05) is 6.61 Å². The summed E-state index contributed by atoms with van der Waals surface area (Å²) in [7, 11) is 0. The molecule has 1 amide bonds. The lowest BCUT2D eigenvalue weighted by Crippen LogP contribution is -2.27. The predicted molar refractivity (Wildman–Crippen MR) is 98.7 cm³/mol. The second kappa shape index (κ2) is 7.82. The van der Waals surface area contributed by atoms with E-state index >= 15 is 0 Å². The van der Waals surface area contributed by atoms with E-state index in [1.165, 1.54) is 16.7 Å². The molecule has 3 nitrogen and oxygen atoms in total. The van der Waals surface area contributed by atoms with Crippen LogP contribution in [0.15, 0.2) is 49.1 Å². The van der Waals surface area contributed by atoms with Crippen LogP contribution in [0.25, 0.3) is 0 Å². The van der Waals surface area contributed by atoms with Crippen LogP contribution >= 0.6 is 0 Å². The van der Waals surface area contributed by atoms with E-state index in [0.29, 0.717) is 12.2 Å². The number of nitrogens with one attached hydrogen (secondary N) is 1. The van der Waals surface area contributed by atoms with Crippen LogP contribution in [0.2, 0.25) is 0 Å². The summed E-state index contributed by atoms with van der Waals surface area (Å²) >= 11 is 0. The molecule has 1 atom stereocenters. The molecule has 0 saturated carbocycles. The zero-order valence-corrected chi connectivity index (χ0v) is 14.8. The van der Waals surface area contributed by atoms with Gasteiger partial charge in [-0.3, -0.25) is 4.79 Å². The topological polar surface area (TPSA) is 38.3 Å². The van der Waals surface area contributed by atoms with E-state index in [0.717, 1.165) is 11.3 Å². The van der Waals surface area contributed by atoms with Gasteiger partial charge in [0.2, 0.25) is 0 Å². The second-order valence-electron chi connectivity index (χ2n) is 6.11. The monoisotopic (exact) mass is 323 g/mol. The zero-order valence-electron chi connectivity index (χ0n) is 14.8. The molecule has 0 bridgehead atoms. The minimum absolute atomic E-state index is 0.0477. The number of rotatable bonds is 6. The standard InChI is InChI=1S/C21H25NO2/c1-6-11-24-19-9-7-18(8-10-19)21(23)22-17(5)20-13-15(3)14(2)12-16(20)4/h6-10,12-13,17H,1,11H2,2-5H3,(H,22,23)/t17-/m0/s1. The maximum absolute atomic E-state index is 12.4. The molecular weight excluding hydrogens is 298 g/mol. The van der Waals surface area contributed by atoms with E-state index in [9.17, 15) is 4.79 Å². The van der Waals surface area contributed by atoms with Gasteiger partial charge in [-0.1, -0.05) is 24.8 Å². The largest absolute Gasteiger partial charge is 0.490 e. The first-order valence-corrected chi connectivity index (χ1v) is 8.14. The highest BCUT2D eigenvalue weighted by Gasteiger charge is 2.14. The van der Waals surface area contributed by atoms with Crippen molar-refractivity contribution in [3.05, 3.63) is 76.9 Å². The maximum Gasteiger partial charge on any atom is 0.251 e. The van der Waals surface area contributed by atoms with E-state index in [2.05, 4.69) is 44.8 Å². The molecule has 24 heavy (non-hydrogen) atoms. The molecule has 0 aliphatic rings. The molecule has 0 heterocycles. The number of hydrogen-bond donors (Lipinski definition) is 1. The fourth-order valence-corrected chi connectivity index (χ4v) is 2.66. The Morgan fingerprint density at radius 3 is 2.38 bits per heavy atom. The lowest BCUT2D eigenvalue weighted by Gasteiger charge is -2.18. The highest BCUT2D eigenvalue weighted by atomic mass is 16.5. The molecule has 2 aromatic rings. The molecule has 0 aromatic heterocycles. The van der Waals surface area contributed by atoms with Gasteiger partial charge in [0, 0.05) is 5.56 Å². The van der Waals surface area contributed by atoms with E-state index in [1.54, 1.807) is 30.3 Å². The van der Waals surface area contributed by atoms with Crippen LogP contribution in [-0.4, -0.2) is 12.5 Å². The van der Waals surface area contributed by atoms with Crippen molar-refractivity contribution in [2.45, 2.75) is 33.7 Å². The fraction of sp³-hybridized carbons (Fsp3) is 0.286. The van der Waals surface area contributed by atoms with Gasteiger partial charge in [-0.25, -0.2) is 0 Å². The molecule has 126 valence electrons. The molecule has 0 saturated heterocycles. The summed E-state index contributed by atoms with van der Waals surface area (Å²) in [6.07, 6.45) is 1.69. The molecule has 3 heteroatoms. The molecule has 0 aliphatic carbocycles. The summed E-state index contributed by atoms with van der Waals surface area (Å²) in [5.74, 6) is 0.639. The van der Waals surface area contributed by atoms with Gasteiger partial charge in [-0.2, -0.15) is 0 Å². The number of carbonyl (C=O) groups is 1. The van der Waals surface area contributed by atoms with Gasteiger partial charge in [0.25, 0.3) is 5.91 Å². The predicted octanol–water partition coefficient (Wildman–Crippen LogP) is 4.67. The highest BCUT2D eigenvalue weighted by molar-refractivity contribution is 5.94. The van der Waals surface area contributed by atoms with E-state index in [1.807, 2.05) is 6.92 Å². The van der Waals surface area contributed by atoms with Crippen molar-refractivity contribution in [1.82, 2.24) is 5.32 Å². The maximum atomic E-state index is 12.4. The number of ether oxygens (including phenoxy) is 1. The van der Waals surface area contributed by atoms with Crippen molar-refractivity contribution in [3.63, 3.8) is 0 Å². The summed E-state index contributed by atoms with van der Waals surface area (Å²) in [6, 6.07) is 11.4. The SMILES string of the molecule is C=CCOc1ccc(C(=O)N[C@@H](C)c2cc(C)c(C)cc2C)cc1. The van der Waals surface area contributed by atoms with Crippen molar-refractivity contribution >= 4 is 5.91 Å². The highest BCUT2D eigenvalue weighted by Crippen LogP contribution is 2.22. The van der Waals surface area contributed by atoms with Crippen molar-refractivity contribution < 1.29 is 9.53 Å². The van der Waals surface area contributed by atoms with Gasteiger partial charge in [-0.15, -0.1) is 0 Å². The van der Waals surface area contributed by atoms with E-state index < -0.39 is 0 Å². The van der Waals surface area contributed by atoms with Gasteiger partial charge in [0.05, 0.1) is 6.04 Å². The Balaban J connectivity index is 2.08. The van der Waals surface area contributed by atoms with E-state index in [4.69, 9.17) is 4.74 Å². The molecule has 0 unspecified atom stereocenters. The third kappa shape index (κ3) is 4.25. The van der Waals surface area contributed by atoms with Crippen molar-refractivity contribution in [1.29, 1.82) is 0 Å². The second-order valence-corrected chi connectivity index (χ2v) is 6.11. The summed E-state index contributed by atoms with van der Waals surface area (Å²) in [4.78, 5) is 12.4. The van der Waals surface area contributed by atoms with Crippen LogP contribution in [0.3, 0.4) is 0 Å². The van der Waals surface area contributed by atoms with Gasteiger partial charge in [0.1, 0.15) is 12.4 Å². The Labute approximate surface area is 144 Å². The summed E-state index contributed by atoms with van der Waals surface area (Å²) < 4.78 is 5.43. The minimum atomic E-state index is -0.0876. The molecule has 0 radical (unpaired) electrons. The molecule has 0 aliphatic heterocycles. The van der Waals surface area contributed by atoms with Crippen molar-refractivity contribution in [3.8, 4) is 5.75 Å². The average Bonchev–Trinajstić information content (AvgIpc) is 2.56. The smallest absolute Gasteiger partial charge is 0.251 e. The van der Waals surface area contributed by atoms with Crippen LogP contribution in [0.4, 0.5) is 0 Å². The quantitative estimate of drug-likeness (QED) is 0.785. The first kappa shape index (κ1) is 17.8. The Hall–Kier alpha value is -2.55. The molecule has 1 N–H and O–H groups in total. The number of aryl methyl sites for hydroxylation is 3. The number of hydrogen-bond acceptors (Lipinski definition) is 2. The summed E-state index contributed by atoms with van der Waals surface area (Å²) in [6.45, 7) is 12.4. The third-order valence-electron chi connectivity index (χ3n) is 4.18. The van der Waals surface area contributed by atoms with Crippen LogP contribution in [0.5, 0.6) is 5.75 Å².